The Bertz CT molecular complexity index is 474. The van der Waals surface area contributed by atoms with Crippen molar-refractivity contribution in [2.75, 3.05) is 6.54 Å². The number of carboxylic acid groups (broad SMARTS) is 1. The smallest absolute Gasteiger partial charge is 0.320 e. The van der Waals surface area contributed by atoms with Crippen LogP contribution in [-0.2, 0) is 16.0 Å². The number of carbonyl (C=O) groups excluding carboxylic acids is 1. The monoisotopic (exact) mass is 293 g/mol. The lowest BCUT2D eigenvalue weighted by molar-refractivity contribution is -0.139. The van der Waals surface area contributed by atoms with Crippen LogP contribution in [0.3, 0.4) is 0 Å². The molecule has 0 aromatic heterocycles. The summed E-state index contributed by atoms with van der Waals surface area (Å²) in [6.45, 7) is 2.38. The van der Waals surface area contributed by atoms with Gasteiger partial charge in [0.1, 0.15) is 6.04 Å². The van der Waals surface area contributed by atoms with Crippen molar-refractivity contribution in [1.82, 2.24) is 5.32 Å². The topological polar surface area (TPSA) is 118 Å². The fraction of sp³-hybridized carbons (Fsp3) is 0.467. The highest BCUT2D eigenvalue weighted by Gasteiger charge is 2.19. The van der Waals surface area contributed by atoms with E-state index in [2.05, 4.69) is 5.32 Å². The van der Waals surface area contributed by atoms with Gasteiger partial charge >= 0.3 is 5.97 Å². The van der Waals surface area contributed by atoms with Gasteiger partial charge in [0.15, 0.2) is 0 Å². The first-order valence-corrected chi connectivity index (χ1v) is 7.00. The van der Waals surface area contributed by atoms with E-state index in [1.165, 1.54) is 0 Å². The number of rotatable bonds is 9. The summed E-state index contributed by atoms with van der Waals surface area (Å²) >= 11 is 0. The molecule has 6 N–H and O–H groups in total. The molecule has 21 heavy (non-hydrogen) atoms. The van der Waals surface area contributed by atoms with Gasteiger partial charge in [0.25, 0.3) is 0 Å². The van der Waals surface area contributed by atoms with E-state index in [0.29, 0.717) is 19.4 Å². The summed E-state index contributed by atoms with van der Waals surface area (Å²) in [4.78, 5) is 22.0. The van der Waals surface area contributed by atoms with E-state index < -0.39 is 12.0 Å². The van der Waals surface area contributed by atoms with E-state index in [-0.39, 0.29) is 18.4 Å². The van der Waals surface area contributed by atoms with Gasteiger partial charge in [-0.1, -0.05) is 24.3 Å². The molecule has 0 aliphatic carbocycles. The van der Waals surface area contributed by atoms with E-state index in [0.717, 1.165) is 11.1 Å². The number of carboxylic acids is 1. The summed E-state index contributed by atoms with van der Waals surface area (Å²) in [6.07, 6.45) is 1.36. The Morgan fingerprint density at radius 3 is 2.38 bits per heavy atom. The molecule has 0 spiro atoms. The maximum Gasteiger partial charge on any atom is 0.320 e. The van der Waals surface area contributed by atoms with Gasteiger partial charge in [0, 0.05) is 6.04 Å². The standard InChI is InChI=1S/C15H23N3O3/c1-10(18-13(15(20)21)3-2-8-16)12-6-4-11(5-7-12)9-14(17)19/h4-7,10,13,18H,2-3,8-9,16H2,1H3,(H2,17,19)(H,20,21)/t10?,13-/m0/s1. The number of hydrogen-bond acceptors (Lipinski definition) is 4. The van der Waals surface area contributed by atoms with Crippen molar-refractivity contribution in [2.45, 2.75) is 38.3 Å². The van der Waals surface area contributed by atoms with Gasteiger partial charge in [0.2, 0.25) is 5.91 Å². The lowest BCUT2D eigenvalue weighted by Crippen LogP contribution is -2.38. The Kier molecular flexibility index (Phi) is 6.84. The van der Waals surface area contributed by atoms with Crippen molar-refractivity contribution in [3.05, 3.63) is 35.4 Å². The molecule has 1 aromatic carbocycles. The Morgan fingerprint density at radius 1 is 1.29 bits per heavy atom. The van der Waals surface area contributed by atoms with Crippen LogP contribution in [0.15, 0.2) is 24.3 Å². The molecule has 0 bridgehead atoms. The van der Waals surface area contributed by atoms with Crippen molar-refractivity contribution >= 4 is 11.9 Å². The SMILES string of the molecule is CC(N[C@@H](CCCN)C(=O)O)c1ccc(CC(N)=O)cc1. The van der Waals surface area contributed by atoms with Gasteiger partial charge in [0.05, 0.1) is 6.42 Å². The third-order valence-corrected chi connectivity index (χ3v) is 3.30. The minimum absolute atomic E-state index is 0.105. The maximum absolute atomic E-state index is 11.2. The Morgan fingerprint density at radius 2 is 1.90 bits per heavy atom. The summed E-state index contributed by atoms with van der Waals surface area (Å²) in [5.74, 6) is -1.25. The molecule has 0 radical (unpaired) electrons. The number of benzene rings is 1. The molecule has 0 aliphatic rings. The molecular weight excluding hydrogens is 270 g/mol. The summed E-state index contributed by atoms with van der Waals surface area (Å²) in [7, 11) is 0. The summed E-state index contributed by atoms with van der Waals surface area (Å²) in [6, 6.07) is 6.68. The minimum Gasteiger partial charge on any atom is -0.480 e. The maximum atomic E-state index is 11.2. The second-order valence-corrected chi connectivity index (χ2v) is 5.09. The zero-order chi connectivity index (χ0) is 15.8. The molecule has 0 heterocycles. The summed E-state index contributed by atoms with van der Waals surface area (Å²) in [5.41, 5.74) is 12.4. The van der Waals surface area contributed by atoms with Crippen LogP contribution in [0, 0.1) is 0 Å². The molecule has 2 atom stereocenters. The van der Waals surface area contributed by atoms with Crippen molar-refractivity contribution < 1.29 is 14.7 Å². The Labute approximate surface area is 124 Å². The van der Waals surface area contributed by atoms with E-state index in [9.17, 15) is 14.7 Å². The molecule has 0 saturated heterocycles. The van der Waals surface area contributed by atoms with Crippen molar-refractivity contribution in [3.8, 4) is 0 Å². The molecular formula is C15H23N3O3. The number of hydrogen-bond donors (Lipinski definition) is 4. The molecule has 0 aliphatic heterocycles. The van der Waals surface area contributed by atoms with Crippen LogP contribution in [0.5, 0.6) is 0 Å². The summed E-state index contributed by atoms with van der Waals surface area (Å²) in [5, 5.41) is 12.3. The van der Waals surface area contributed by atoms with Crippen molar-refractivity contribution in [3.63, 3.8) is 0 Å². The van der Waals surface area contributed by atoms with E-state index in [4.69, 9.17) is 11.5 Å². The van der Waals surface area contributed by atoms with Crippen LogP contribution in [0.4, 0.5) is 0 Å². The number of nitrogens with one attached hydrogen (secondary N) is 1. The van der Waals surface area contributed by atoms with Gasteiger partial charge in [-0.3, -0.25) is 14.9 Å². The van der Waals surface area contributed by atoms with Gasteiger partial charge in [-0.15, -0.1) is 0 Å². The predicted octanol–water partition coefficient (Wildman–Crippen LogP) is 0.557. The van der Waals surface area contributed by atoms with Crippen LogP contribution in [0.2, 0.25) is 0 Å². The normalized spacial score (nSPS) is 13.6. The fourth-order valence-corrected chi connectivity index (χ4v) is 2.12. The molecule has 1 rings (SSSR count). The molecule has 0 fully saturated rings. The molecule has 6 nitrogen and oxygen atoms in total. The van der Waals surface area contributed by atoms with Crippen LogP contribution >= 0.6 is 0 Å². The van der Waals surface area contributed by atoms with Crippen LogP contribution < -0.4 is 16.8 Å². The second kappa shape index (κ2) is 8.39. The van der Waals surface area contributed by atoms with Crippen LogP contribution in [0.25, 0.3) is 0 Å². The average Bonchev–Trinajstić information content (AvgIpc) is 2.43. The number of aliphatic carboxylic acids is 1. The number of carbonyl (C=O) groups is 2. The fourth-order valence-electron chi connectivity index (χ4n) is 2.12. The lowest BCUT2D eigenvalue weighted by Gasteiger charge is -2.20. The quantitative estimate of drug-likeness (QED) is 0.530. The van der Waals surface area contributed by atoms with E-state index in [1.807, 2.05) is 31.2 Å². The van der Waals surface area contributed by atoms with E-state index in [1.54, 1.807) is 0 Å². The first kappa shape index (κ1) is 17.1. The number of nitrogens with two attached hydrogens (primary N) is 2. The molecule has 116 valence electrons. The molecule has 0 saturated carbocycles. The second-order valence-electron chi connectivity index (χ2n) is 5.09. The van der Waals surface area contributed by atoms with Gasteiger partial charge in [-0.25, -0.2) is 0 Å². The number of amides is 1. The van der Waals surface area contributed by atoms with E-state index >= 15 is 0 Å². The minimum atomic E-state index is -0.874. The number of primary amides is 1. The van der Waals surface area contributed by atoms with Gasteiger partial charge in [-0.2, -0.15) is 0 Å². The molecule has 1 aromatic rings. The van der Waals surface area contributed by atoms with Crippen LogP contribution in [0.1, 0.15) is 36.9 Å². The highest BCUT2D eigenvalue weighted by Crippen LogP contribution is 2.15. The zero-order valence-electron chi connectivity index (χ0n) is 12.2. The lowest BCUT2D eigenvalue weighted by atomic mass is 10.0. The molecule has 6 heteroatoms. The van der Waals surface area contributed by atoms with Crippen molar-refractivity contribution in [1.29, 1.82) is 0 Å². The third-order valence-electron chi connectivity index (χ3n) is 3.30. The highest BCUT2D eigenvalue weighted by molar-refractivity contribution is 5.76. The summed E-state index contributed by atoms with van der Waals surface area (Å²) < 4.78 is 0. The first-order chi connectivity index (χ1) is 9.93. The third kappa shape index (κ3) is 5.93. The Balaban J connectivity index is 2.66. The van der Waals surface area contributed by atoms with Crippen molar-refractivity contribution in [2.24, 2.45) is 11.5 Å². The van der Waals surface area contributed by atoms with Gasteiger partial charge < -0.3 is 16.6 Å². The predicted molar refractivity (Wildman–Crippen MR) is 80.6 cm³/mol. The zero-order valence-corrected chi connectivity index (χ0v) is 12.2. The molecule has 1 unspecified atom stereocenters. The molecule has 1 amide bonds. The largest absolute Gasteiger partial charge is 0.480 e. The average molecular weight is 293 g/mol. The Hall–Kier alpha value is -1.92. The van der Waals surface area contributed by atoms with Gasteiger partial charge in [-0.05, 0) is 37.4 Å². The highest BCUT2D eigenvalue weighted by atomic mass is 16.4. The van der Waals surface area contributed by atoms with Crippen LogP contribution in [-0.4, -0.2) is 29.6 Å². The first-order valence-electron chi connectivity index (χ1n) is 7.00.